The second-order valence-electron chi connectivity index (χ2n) is 5.79. The van der Waals surface area contributed by atoms with E-state index in [1.807, 2.05) is 64.3 Å². The number of amides is 1. The highest BCUT2D eigenvalue weighted by molar-refractivity contribution is 5.95. The van der Waals surface area contributed by atoms with Gasteiger partial charge in [0.05, 0.1) is 18.7 Å². The van der Waals surface area contributed by atoms with Crippen molar-refractivity contribution in [1.82, 2.24) is 4.57 Å². The largest absolute Gasteiger partial charge is 0.467 e. The predicted molar refractivity (Wildman–Crippen MR) is 88.4 cm³/mol. The fourth-order valence-corrected chi connectivity index (χ4v) is 3.26. The molecule has 1 aliphatic rings. The van der Waals surface area contributed by atoms with Gasteiger partial charge in [0.1, 0.15) is 5.76 Å². The lowest BCUT2D eigenvalue weighted by atomic mass is 10.1. The summed E-state index contributed by atoms with van der Waals surface area (Å²) in [7, 11) is 0. The number of rotatable bonds is 4. The van der Waals surface area contributed by atoms with Gasteiger partial charge in [-0.15, -0.1) is 0 Å². The number of aromatic nitrogens is 1. The second kappa shape index (κ2) is 5.80. The van der Waals surface area contributed by atoms with Crippen LogP contribution in [0.1, 0.15) is 23.8 Å². The van der Waals surface area contributed by atoms with Gasteiger partial charge in [0.15, 0.2) is 0 Å². The van der Waals surface area contributed by atoms with E-state index in [1.54, 1.807) is 6.26 Å². The van der Waals surface area contributed by atoms with Crippen LogP contribution in [-0.2, 0) is 11.2 Å². The number of anilines is 1. The monoisotopic (exact) mass is 306 g/mol. The van der Waals surface area contributed by atoms with Crippen molar-refractivity contribution >= 4 is 11.6 Å². The first-order chi connectivity index (χ1) is 11.3. The first-order valence-corrected chi connectivity index (χ1v) is 7.87. The van der Waals surface area contributed by atoms with E-state index in [2.05, 4.69) is 6.07 Å². The summed E-state index contributed by atoms with van der Waals surface area (Å²) in [4.78, 5) is 14.8. The zero-order chi connectivity index (χ0) is 15.6. The average Bonchev–Trinajstić information content (AvgIpc) is 3.33. The predicted octanol–water partition coefficient (Wildman–Crippen LogP) is 3.65. The van der Waals surface area contributed by atoms with Gasteiger partial charge in [-0.2, -0.15) is 0 Å². The van der Waals surface area contributed by atoms with Gasteiger partial charge < -0.3 is 13.9 Å². The smallest absolute Gasteiger partial charge is 0.229 e. The molecule has 1 unspecified atom stereocenters. The Morgan fingerprint density at radius 2 is 1.91 bits per heavy atom. The molecule has 0 fully saturated rings. The highest BCUT2D eigenvalue weighted by Crippen LogP contribution is 2.30. The third kappa shape index (κ3) is 2.57. The van der Waals surface area contributed by atoms with Crippen LogP contribution in [0.15, 0.2) is 71.6 Å². The number of para-hydroxylation sites is 1. The van der Waals surface area contributed by atoms with E-state index in [9.17, 15) is 4.79 Å². The maximum absolute atomic E-state index is 12.9. The van der Waals surface area contributed by atoms with Gasteiger partial charge in [0.25, 0.3) is 0 Å². The number of carbonyl (C=O) groups is 1. The van der Waals surface area contributed by atoms with Crippen molar-refractivity contribution in [2.45, 2.75) is 18.9 Å². The third-order valence-corrected chi connectivity index (χ3v) is 4.42. The molecule has 1 aliphatic heterocycles. The number of hydrogen-bond acceptors (Lipinski definition) is 2. The molecule has 4 heteroatoms. The van der Waals surface area contributed by atoms with Gasteiger partial charge in [0.2, 0.25) is 5.91 Å². The van der Waals surface area contributed by atoms with Gasteiger partial charge in [-0.25, -0.2) is 0 Å². The molecular weight excluding hydrogens is 288 g/mol. The topological polar surface area (TPSA) is 38.4 Å². The Hall–Kier alpha value is -2.75. The fraction of sp³-hybridized carbons (Fsp3) is 0.211. The Labute approximate surface area is 134 Å². The molecule has 3 heterocycles. The van der Waals surface area contributed by atoms with Gasteiger partial charge in [-0.3, -0.25) is 4.79 Å². The molecule has 0 saturated heterocycles. The van der Waals surface area contributed by atoms with Gasteiger partial charge in [-0.05, 0) is 42.3 Å². The van der Waals surface area contributed by atoms with E-state index >= 15 is 0 Å². The first-order valence-electron chi connectivity index (χ1n) is 7.87. The van der Waals surface area contributed by atoms with Crippen LogP contribution in [0.25, 0.3) is 0 Å². The summed E-state index contributed by atoms with van der Waals surface area (Å²) in [6, 6.07) is 15.7. The van der Waals surface area contributed by atoms with Gasteiger partial charge in [-0.1, -0.05) is 18.2 Å². The lowest BCUT2D eigenvalue weighted by molar-refractivity contribution is -0.119. The van der Waals surface area contributed by atoms with E-state index < -0.39 is 0 Å². The van der Waals surface area contributed by atoms with Gasteiger partial charge >= 0.3 is 0 Å². The van der Waals surface area contributed by atoms with E-state index in [-0.39, 0.29) is 11.9 Å². The quantitative estimate of drug-likeness (QED) is 0.738. The van der Waals surface area contributed by atoms with Crippen LogP contribution in [0, 0.1) is 0 Å². The molecule has 0 bridgehead atoms. The normalized spacial score (nSPS) is 14.7. The van der Waals surface area contributed by atoms with E-state index in [1.165, 1.54) is 5.56 Å². The Morgan fingerprint density at radius 1 is 1.09 bits per heavy atom. The molecule has 0 N–H and O–H groups in total. The molecule has 0 spiro atoms. The lowest BCUT2D eigenvalue weighted by Crippen LogP contribution is -2.31. The number of nitrogens with zero attached hydrogens (tertiary/aromatic N) is 2. The number of furan rings is 1. The molecule has 3 aromatic rings. The highest BCUT2D eigenvalue weighted by Gasteiger charge is 2.28. The summed E-state index contributed by atoms with van der Waals surface area (Å²) in [5, 5.41) is 0. The second-order valence-corrected chi connectivity index (χ2v) is 5.79. The lowest BCUT2D eigenvalue weighted by Gasteiger charge is -2.22. The minimum absolute atomic E-state index is 0.111. The summed E-state index contributed by atoms with van der Waals surface area (Å²) >= 11 is 0. The van der Waals surface area contributed by atoms with Crippen LogP contribution in [0.3, 0.4) is 0 Å². The number of carbonyl (C=O) groups excluding carboxylic acids is 1. The van der Waals surface area contributed by atoms with Crippen LogP contribution < -0.4 is 4.90 Å². The molecule has 0 aliphatic carbocycles. The molecule has 0 saturated carbocycles. The van der Waals surface area contributed by atoms with Crippen LogP contribution in [0.5, 0.6) is 0 Å². The molecule has 0 radical (unpaired) electrons. The SMILES string of the molecule is O=C(CC(c1ccco1)n1cccc1)N1CCc2ccccc21. The maximum Gasteiger partial charge on any atom is 0.229 e. The van der Waals surface area contributed by atoms with Crippen molar-refractivity contribution in [3.05, 3.63) is 78.5 Å². The van der Waals surface area contributed by atoms with Crippen molar-refractivity contribution in [3.8, 4) is 0 Å². The summed E-state index contributed by atoms with van der Waals surface area (Å²) in [6.45, 7) is 0.759. The Morgan fingerprint density at radius 3 is 2.70 bits per heavy atom. The summed E-state index contributed by atoms with van der Waals surface area (Å²) in [5.41, 5.74) is 2.29. The standard InChI is InChI=1S/C19H18N2O2/c22-19(21-12-9-15-6-1-2-7-16(15)21)14-17(18-8-5-13-23-18)20-10-3-4-11-20/h1-8,10-11,13,17H,9,12,14H2. The average molecular weight is 306 g/mol. The minimum atomic E-state index is -0.111. The zero-order valence-electron chi connectivity index (χ0n) is 12.8. The van der Waals surface area contributed by atoms with Crippen molar-refractivity contribution in [2.24, 2.45) is 0 Å². The zero-order valence-corrected chi connectivity index (χ0v) is 12.8. The van der Waals surface area contributed by atoms with Crippen LogP contribution in [-0.4, -0.2) is 17.0 Å². The number of benzene rings is 1. The van der Waals surface area contributed by atoms with Crippen molar-refractivity contribution in [1.29, 1.82) is 0 Å². The molecule has 4 rings (SSSR count). The van der Waals surface area contributed by atoms with E-state index in [4.69, 9.17) is 4.42 Å². The fourth-order valence-electron chi connectivity index (χ4n) is 3.26. The minimum Gasteiger partial charge on any atom is -0.467 e. The Balaban J connectivity index is 1.59. The van der Waals surface area contributed by atoms with E-state index in [0.29, 0.717) is 6.42 Å². The number of hydrogen-bond donors (Lipinski definition) is 0. The Bertz CT molecular complexity index is 756. The van der Waals surface area contributed by atoms with Crippen molar-refractivity contribution in [3.63, 3.8) is 0 Å². The summed E-state index contributed by atoms with van der Waals surface area (Å²) in [5.74, 6) is 0.937. The molecule has 1 atom stereocenters. The molecule has 1 amide bonds. The highest BCUT2D eigenvalue weighted by atomic mass is 16.3. The van der Waals surface area contributed by atoms with Crippen LogP contribution in [0.4, 0.5) is 5.69 Å². The first kappa shape index (κ1) is 13.9. The molecule has 2 aromatic heterocycles. The van der Waals surface area contributed by atoms with Gasteiger partial charge in [0, 0.05) is 24.6 Å². The molecule has 23 heavy (non-hydrogen) atoms. The van der Waals surface area contributed by atoms with E-state index in [0.717, 1.165) is 24.4 Å². The number of fused-ring (bicyclic) bond motifs is 1. The Kier molecular flexibility index (Phi) is 3.50. The van der Waals surface area contributed by atoms with Crippen LogP contribution in [0.2, 0.25) is 0 Å². The summed E-state index contributed by atoms with van der Waals surface area (Å²) in [6.07, 6.45) is 6.91. The molecular formula is C19H18N2O2. The maximum atomic E-state index is 12.9. The molecule has 116 valence electrons. The molecule has 4 nitrogen and oxygen atoms in total. The summed E-state index contributed by atoms with van der Waals surface area (Å²) < 4.78 is 7.59. The molecule has 1 aromatic carbocycles. The van der Waals surface area contributed by atoms with Crippen molar-refractivity contribution in [2.75, 3.05) is 11.4 Å². The third-order valence-electron chi connectivity index (χ3n) is 4.42. The van der Waals surface area contributed by atoms with Crippen molar-refractivity contribution < 1.29 is 9.21 Å². The van der Waals surface area contributed by atoms with Crippen LogP contribution >= 0.6 is 0 Å².